The lowest BCUT2D eigenvalue weighted by molar-refractivity contribution is -0.141. The summed E-state index contributed by atoms with van der Waals surface area (Å²) in [5.41, 5.74) is 2.71. The topological polar surface area (TPSA) is 86.6 Å². The number of hydrogen-bond acceptors (Lipinski definition) is 5. The van der Waals surface area contributed by atoms with E-state index in [4.69, 9.17) is 9.47 Å². The van der Waals surface area contributed by atoms with E-state index in [0.29, 0.717) is 23.5 Å². The molecule has 1 amide bonds. The second-order valence-electron chi connectivity index (χ2n) is 6.84. The van der Waals surface area contributed by atoms with Crippen molar-refractivity contribution in [2.24, 2.45) is 7.05 Å². The van der Waals surface area contributed by atoms with Gasteiger partial charge in [-0.3, -0.25) is 14.4 Å². The Balaban J connectivity index is 1.77. The summed E-state index contributed by atoms with van der Waals surface area (Å²) in [6.45, 7) is 5.78. The van der Waals surface area contributed by atoms with Crippen molar-refractivity contribution in [3.05, 3.63) is 52.8 Å². The number of nitrogens with zero attached hydrogens (tertiary/aromatic N) is 1. The van der Waals surface area contributed by atoms with Crippen LogP contribution in [0.25, 0.3) is 0 Å². The number of esters is 1. The lowest BCUT2D eigenvalue weighted by Crippen LogP contribution is -2.31. The summed E-state index contributed by atoms with van der Waals surface area (Å²) in [6.07, 6.45) is 2.02. The number of rotatable bonds is 10. The molecule has 0 aliphatic carbocycles. The van der Waals surface area contributed by atoms with Gasteiger partial charge in [-0.1, -0.05) is 13.3 Å². The first-order chi connectivity index (χ1) is 13.8. The first-order valence-corrected chi connectivity index (χ1v) is 9.66. The number of aromatic nitrogens is 1. The zero-order chi connectivity index (χ0) is 21.4. The Morgan fingerprint density at radius 2 is 1.79 bits per heavy atom. The maximum atomic E-state index is 12.2. The molecule has 1 N–H and O–H groups in total. The molecule has 29 heavy (non-hydrogen) atoms. The van der Waals surface area contributed by atoms with E-state index in [1.807, 2.05) is 25.5 Å². The minimum atomic E-state index is -0.670. The van der Waals surface area contributed by atoms with Crippen LogP contribution in [0.2, 0.25) is 0 Å². The summed E-state index contributed by atoms with van der Waals surface area (Å²) < 4.78 is 12.4. The van der Waals surface area contributed by atoms with Crippen molar-refractivity contribution < 1.29 is 23.9 Å². The van der Waals surface area contributed by atoms with E-state index in [1.165, 1.54) is 0 Å². The van der Waals surface area contributed by atoms with Gasteiger partial charge in [-0.15, -0.1) is 0 Å². The fourth-order valence-corrected chi connectivity index (χ4v) is 2.70. The number of aryl methyl sites for hydroxylation is 1. The maximum Gasteiger partial charge on any atom is 0.325 e. The number of amides is 1. The largest absolute Gasteiger partial charge is 0.494 e. The Bertz CT molecular complexity index is 868. The monoisotopic (exact) mass is 400 g/mol. The average molecular weight is 400 g/mol. The molecule has 7 heteroatoms. The zero-order valence-corrected chi connectivity index (χ0v) is 17.4. The van der Waals surface area contributed by atoms with Gasteiger partial charge in [-0.25, -0.2) is 0 Å². The molecule has 1 aromatic heterocycles. The first-order valence-electron chi connectivity index (χ1n) is 9.66. The van der Waals surface area contributed by atoms with Crippen molar-refractivity contribution >= 4 is 17.7 Å². The minimum absolute atomic E-state index is 0.274. The molecule has 1 heterocycles. The molecule has 0 aliphatic rings. The van der Waals surface area contributed by atoms with Crippen LogP contribution in [0, 0.1) is 13.8 Å². The number of ketones is 1. The number of ether oxygens (including phenoxy) is 2. The Hall–Kier alpha value is -3.09. The molecule has 2 rings (SSSR count). The lowest BCUT2D eigenvalue weighted by Gasteiger charge is -2.08. The Morgan fingerprint density at radius 1 is 1.10 bits per heavy atom. The predicted octanol–water partition coefficient (Wildman–Crippen LogP) is 2.98. The number of carbonyl (C=O) groups excluding carboxylic acids is 3. The molecule has 1 aromatic carbocycles. The molecule has 7 nitrogen and oxygen atoms in total. The van der Waals surface area contributed by atoms with Gasteiger partial charge in [0.05, 0.1) is 6.61 Å². The highest BCUT2D eigenvalue weighted by Gasteiger charge is 2.16. The molecule has 0 fully saturated rings. The van der Waals surface area contributed by atoms with Crippen molar-refractivity contribution in [1.29, 1.82) is 0 Å². The minimum Gasteiger partial charge on any atom is -0.494 e. The fourth-order valence-electron chi connectivity index (χ4n) is 2.70. The summed E-state index contributed by atoms with van der Waals surface area (Å²) in [5, 5.41) is 2.49. The van der Waals surface area contributed by atoms with Crippen LogP contribution in [0.3, 0.4) is 0 Å². The number of nitrogens with one attached hydrogen (secondary N) is 1. The molecule has 0 saturated carbocycles. The Kier molecular flexibility index (Phi) is 8.00. The highest BCUT2D eigenvalue weighted by molar-refractivity contribution is 6.00. The highest BCUT2D eigenvalue weighted by atomic mass is 16.5. The van der Waals surface area contributed by atoms with Gasteiger partial charge in [-0.05, 0) is 50.6 Å². The molecule has 0 radical (unpaired) electrons. The van der Waals surface area contributed by atoms with Gasteiger partial charge in [0, 0.05) is 29.6 Å². The van der Waals surface area contributed by atoms with Gasteiger partial charge in [0.15, 0.2) is 6.61 Å². The van der Waals surface area contributed by atoms with Crippen LogP contribution in [0.4, 0.5) is 0 Å². The summed E-state index contributed by atoms with van der Waals surface area (Å²) in [4.78, 5) is 36.2. The van der Waals surface area contributed by atoms with Crippen LogP contribution < -0.4 is 10.1 Å². The second kappa shape index (κ2) is 10.5. The van der Waals surface area contributed by atoms with Crippen molar-refractivity contribution in [2.45, 2.75) is 33.6 Å². The molecule has 0 unspecified atom stereocenters. The van der Waals surface area contributed by atoms with Gasteiger partial charge in [-0.2, -0.15) is 0 Å². The maximum absolute atomic E-state index is 12.2. The van der Waals surface area contributed by atoms with Crippen molar-refractivity contribution in [3.8, 4) is 5.75 Å². The second-order valence-corrected chi connectivity index (χ2v) is 6.84. The van der Waals surface area contributed by atoms with Crippen LogP contribution in [0.15, 0.2) is 30.3 Å². The van der Waals surface area contributed by atoms with Crippen molar-refractivity contribution in [3.63, 3.8) is 0 Å². The van der Waals surface area contributed by atoms with E-state index in [9.17, 15) is 14.4 Å². The summed E-state index contributed by atoms with van der Waals surface area (Å²) in [5.74, 6) is -0.650. The molecule has 0 bridgehead atoms. The lowest BCUT2D eigenvalue weighted by atomic mass is 10.1. The molecule has 0 aliphatic heterocycles. The number of carbonyl (C=O) groups is 3. The van der Waals surface area contributed by atoms with Crippen molar-refractivity contribution in [2.75, 3.05) is 19.8 Å². The summed E-state index contributed by atoms with van der Waals surface area (Å²) in [7, 11) is 1.87. The predicted molar refractivity (Wildman–Crippen MR) is 109 cm³/mol. The van der Waals surface area contributed by atoms with Gasteiger partial charge in [0.25, 0.3) is 5.91 Å². The zero-order valence-electron chi connectivity index (χ0n) is 17.4. The number of benzene rings is 1. The quantitative estimate of drug-likeness (QED) is 0.376. The van der Waals surface area contributed by atoms with E-state index in [-0.39, 0.29) is 18.9 Å². The van der Waals surface area contributed by atoms with Gasteiger partial charge < -0.3 is 19.4 Å². The SMILES string of the molecule is CCCCOc1ccc(C(=O)NCC(=O)OCC(=O)c2cc(C)n(C)c2C)cc1. The smallest absolute Gasteiger partial charge is 0.325 e. The standard InChI is InChI=1S/C22H28N2O5/c1-5-6-11-28-18-9-7-17(8-10-18)22(27)23-13-21(26)29-14-20(25)19-12-15(2)24(4)16(19)3/h7-10,12H,5-6,11,13-14H2,1-4H3,(H,23,27). The third-order valence-electron chi connectivity index (χ3n) is 4.72. The van der Waals surface area contributed by atoms with E-state index in [2.05, 4.69) is 12.2 Å². The van der Waals surface area contributed by atoms with Crippen LogP contribution in [-0.4, -0.2) is 42.0 Å². The van der Waals surface area contributed by atoms with E-state index in [1.54, 1.807) is 30.3 Å². The summed E-state index contributed by atoms with van der Waals surface area (Å²) in [6, 6.07) is 8.46. The number of Topliss-reactive ketones (excluding diaryl/α,β-unsaturated/α-hetero) is 1. The van der Waals surface area contributed by atoms with Gasteiger partial charge in [0.2, 0.25) is 5.78 Å². The van der Waals surface area contributed by atoms with E-state index in [0.717, 1.165) is 24.2 Å². The number of hydrogen-bond donors (Lipinski definition) is 1. The average Bonchev–Trinajstić information content (AvgIpc) is 2.98. The Morgan fingerprint density at radius 3 is 2.38 bits per heavy atom. The van der Waals surface area contributed by atoms with Crippen LogP contribution in [0.5, 0.6) is 5.75 Å². The molecular formula is C22H28N2O5. The van der Waals surface area contributed by atoms with E-state index < -0.39 is 11.9 Å². The van der Waals surface area contributed by atoms with Gasteiger partial charge in [0.1, 0.15) is 12.3 Å². The fraction of sp³-hybridized carbons (Fsp3) is 0.409. The summed E-state index contributed by atoms with van der Waals surface area (Å²) >= 11 is 0. The third-order valence-corrected chi connectivity index (χ3v) is 4.72. The molecule has 0 saturated heterocycles. The molecule has 0 spiro atoms. The third kappa shape index (κ3) is 6.20. The Labute approximate surface area is 171 Å². The van der Waals surface area contributed by atoms with Crippen LogP contribution in [-0.2, 0) is 16.6 Å². The molecule has 156 valence electrons. The number of unbranched alkanes of at least 4 members (excludes halogenated alkanes) is 1. The van der Waals surface area contributed by atoms with Crippen LogP contribution >= 0.6 is 0 Å². The first kappa shape index (κ1) is 22.2. The normalized spacial score (nSPS) is 10.5. The van der Waals surface area contributed by atoms with E-state index >= 15 is 0 Å². The highest BCUT2D eigenvalue weighted by Crippen LogP contribution is 2.14. The molecule has 2 aromatic rings. The molecular weight excluding hydrogens is 372 g/mol. The van der Waals surface area contributed by atoms with Gasteiger partial charge >= 0.3 is 5.97 Å². The molecule has 0 atom stereocenters. The van der Waals surface area contributed by atoms with Crippen LogP contribution in [0.1, 0.15) is 51.9 Å². The van der Waals surface area contributed by atoms with Crippen molar-refractivity contribution in [1.82, 2.24) is 9.88 Å².